The number of nitrogens with one attached hydrogen (secondary N) is 1. The largest absolute Gasteiger partial charge is 0.477 e. The number of piperazine rings is 1. The molecule has 1 aliphatic rings. The Morgan fingerprint density at radius 2 is 2.24 bits per heavy atom. The summed E-state index contributed by atoms with van der Waals surface area (Å²) < 4.78 is 0. The van der Waals surface area contributed by atoms with Crippen LogP contribution in [0.2, 0.25) is 0 Å². The van der Waals surface area contributed by atoms with Gasteiger partial charge in [0, 0.05) is 39.1 Å². The van der Waals surface area contributed by atoms with Crippen molar-refractivity contribution in [1.82, 2.24) is 15.2 Å². The molecule has 7 heteroatoms. The second kappa shape index (κ2) is 6.65. The Morgan fingerprint density at radius 3 is 2.90 bits per heavy atom. The topological polar surface area (TPSA) is 65.5 Å². The minimum atomic E-state index is -0.885. The van der Waals surface area contributed by atoms with E-state index in [0.717, 1.165) is 49.0 Å². The van der Waals surface area contributed by atoms with Crippen molar-refractivity contribution in [3.05, 3.63) is 27.4 Å². The van der Waals surface area contributed by atoms with Crippen LogP contribution in [0.3, 0.4) is 0 Å². The van der Waals surface area contributed by atoms with E-state index in [9.17, 15) is 9.90 Å². The van der Waals surface area contributed by atoms with Crippen molar-refractivity contribution < 1.29 is 9.90 Å². The summed E-state index contributed by atoms with van der Waals surface area (Å²) in [5.74, 6) is -0.885. The molecule has 0 amide bonds. The number of carbonyl (C=O) groups is 1. The van der Waals surface area contributed by atoms with Crippen LogP contribution in [0, 0.1) is 0 Å². The van der Waals surface area contributed by atoms with Gasteiger partial charge in [-0.05, 0) is 11.4 Å². The van der Waals surface area contributed by atoms with Crippen LogP contribution in [0.1, 0.15) is 14.7 Å². The molecule has 0 bridgehead atoms. The fourth-order valence-electron chi connectivity index (χ4n) is 2.39. The standard InChI is InChI=1S/C14H17N3O2S2/c18-14(19)13-12(10-2-1-9-20-10)16-11(21-13)3-6-17-7-4-15-5-8-17/h1-2,9,15H,3-8H2,(H,18,19). The maximum atomic E-state index is 11.4. The van der Waals surface area contributed by atoms with Gasteiger partial charge in [-0.3, -0.25) is 0 Å². The third-order valence-electron chi connectivity index (χ3n) is 3.47. The first-order valence-corrected chi connectivity index (χ1v) is 8.63. The quantitative estimate of drug-likeness (QED) is 0.881. The van der Waals surface area contributed by atoms with Crippen LogP contribution in [0.5, 0.6) is 0 Å². The van der Waals surface area contributed by atoms with Gasteiger partial charge in [-0.15, -0.1) is 22.7 Å². The maximum absolute atomic E-state index is 11.4. The number of carboxylic acid groups (broad SMARTS) is 1. The van der Waals surface area contributed by atoms with E-state index in [1.807, 2.05) is 17.5 Å². The number of rotatable bonds is 5. The lowest BCUT2D eigenvalue weighted by atomic mass is 10.3. The van der Waals surface area contributed by atoms with Gasteiger partial charge < -0.3 is 15.3 Å². The molecule has 0 aromatic carbocycles. The van der Waals surface area contributed by atoms with Gasteiger partial charge in [0.15, 0.2) is 0 Å². The van der Waals surface area contributed by atoms with E-state index < -0.39 is 5.97 Å². The number of thiophene rings is 1. The molecule has 1 saturated heterocycles. The van der Waals surface area contributed by atoms with Crippen LogP contribution in [-0.4, -0.2) is 53.7 Å². The Morgan fingerprint density at radius 1 is 1.43 bits per heavy atom. The molecular formula is C14H17N3O2S2. The van der Waals surface area contributed by atoms with Gasteiger partial charge in [0.2, 0.25) is 0 Å². The SMILES string of the molecule is O=C(O)c1sc(CCN2CCNCC2)nc1-c1cccs1. The Balaban J connectivity index is 1.74. The van der Waals surface area contributed by atoms with Crippen LogP contribution in [-0.2, 0) is 6.42 Å². The maximum Gasteiger partial charge on any atom is 0.348 e. The van der Waals surface area contributed by atoms with Crippen LogP contribution in [0.25, 0.3) is 10.6 Å². The summed E-state index contributed by atoms with van der Waals surface area (Å²) >= 11 is 2.84. The number of nitrogens with zero attached hydrogens (tertiary/aromatic N) is 2. The molecule has 0 saturated carbocycles. The Hall–Kier alpha value is -1.28. The highest BCUT2D eigenvalue weighted by Crippen LogP contribution is 2.31. The van der Waals surface area contributed by atoms with Crippen molar-refractivity contribution in [3.63, 3.8) is 0 Å². The summed E-state index contributed by atoms with van der Waals surface area (Å²) in [4.78, 5) is 19.6. The van der Waals surface area contributed by atoms with E-state index in [0.29, 0.717) is 10.6 Å². The Labute approximate surface area is 131 Å². The predicted molar refractivity (Wildman–Crippen MR) is 85.4 cm³/mol. The fraction of sp³-hybridized carbons (Fsp3) is 0.429. The molecule has 112 valence electrons. The minimum absolute atomic E-state index is 0.354. The zero-order valence-electron chi connectivity index (χ0n) is 11.5. The minimum Gasteiger partial charge on any atom is -0.477 e. The van der Waals surface area contributed by atoms with Crippen molar-refractivity contribution in [1.29, 1.82) is 0 Å². The third-order valence-corrected chi connectivity index (χ3v) is 5.45. The summed E-state index contributed by atoms with van der Waals surface area (Å²) in [7, 11) is 0. The second-order valence-corrected chi connectivity index (χ2v) is 6.94. The normalized spacial score (nSPS) is 16.2. The van der Waals surface area contributed by atoms with Gasteiger partial charge in [-0.25, -0.2) is 9.78 Å². The van der Waals surface area contributed by atoms with Gasteiger partial charge in [0.1, 0.15) is 10.6 Å². The monoisotopic (exact) mass is 323 g/mol. The number of hydrogen-bond acceptors (Lipinski definition) is 6. The molecule has 3 heterocycles. The molecule has 0 radical (unpaired) electrons. The van der Waals surface area contributed by atoms with Crippen molar-refractivity contribution in [2.45, 2.75) is 6.42 Å². The summed E-state index contributed by atoms with van der Waals surface area (Å²) in [5, 5.41) is 15.5. The summed E-state index contributed by atoms with van der Waals surface area (Å²) in [5.41, 5.74) is 0.623. The van der Waals surface area contributed by atoms with Crippen LogP contribution < -0.4 is 5.32 Å². The highest BCUT2D eigenvalue weighted by molar-refractivity contribution is 7.16. The molecule has 0 atom stereocenters. The van der Waals surface area contributed by atoms with Gasteiger partial charge in [0.25, 0.3) is 0 Å². The smallest absolute Gasteiger partial charge is 0.348 e. The van der Waals surface area contributed by atoms with Crippen molar-refractivity contribution >= 4 is 28.6 Å². The summed E-state index contributed by atoms with van der Waals surface area (Å²) in [6.45, 7) is 5.10. The van der Waals surface area contributed by atoms with Gasteiger partial charge >= 0.3 is 5.97 Å². The van der Waals surface area contributed by atoms with Gasteiger partial charge in [-0.1, -0.05) is 6.07 Å². The second-order valence-electron chi connectivity index (χ2n) is 4.91. The van der Waals surface area contributed by atoms with E-state index in [1.165, 1.54) is 22.7 Å². The first-order valence-electron chi connectivity index (χ1n) is 6.94. The number of hydrogen-bond donors (Lipinski definition) is 2. The van der Waals surface area contributed by atoms with Crippen molar-refractivity contribution in [2.75, 3.05) is 32.7 Å². The lowest BCUT2D eigenvalue weighted by molar-refractivity contribution is 0.0703. The highest BCUT2D eigenvalue weighted by Gasteiger charge is 2.20. The first-order chi connectivity index (χ1) is 10.2. The van der Waals surface area contributed by atoms with E-state index in [1.54, 1.807) is 0 Å². The molecule has 0 spiro atoms. The van der Waals surface area contributed by atoms with Crippen molar-refractivity contribution in [2.24, 2.45) is 0 Å². The molecular weight excluding hydrogens is 306 g/mol. The molecule has 5 nitrogen and oxygen atoms in total. The molecule has 0 unspecified atom stereocenters. The van der Waals surface area contributed by atoms with Crippen molar-refractivity contribution in [3.8, 4) is 10.6 Å². The average molecular weight is 323 g/mol. The lowest BCUT2D eigenvalue weighted by Crippen LogP contribution is -2.44. The summed E-state index contributed by atoms with van der Waals surface area (Å²) in [6.07, 6.45) is 0.816. The molecule has 2 N–H and O–H groups in total. The molecule has 3 rings (SSSR count). The van der Waals surface area contributed by atoms with Crippen LogP contribution in [0.15, 0.2) is 17.5 Å². The number of aromatic nitrogens is 1. The number of aromatic carboxylic acids is 1. The van der Waals surface area contributed by atoms with E-state index in [4.69, 9.17) is 0 Å². The number of carboxylic acids is 1. The third kappa shape index (κ3) is 3.49. The Bertz CT molecular complexity index is 604. The molecule has 1 fully saturated rings. The van der Waals surface area contributed by atoms with E-state index >= 15 is 0 Å². The van der Waals surface area contributed by atoms with E-state index in [-0.39, 0.29) is 0 Å². The molecule has 21 heavy (non-hydrogen) atoms. The van der Waals surface area contributed by atoms with E-state index in [2.05, 4.69) is 15.2 Å². The zero-order valence-corrected chi connectivity index (χ0v) is 13.2. The van der Waals surface area contributed by atoms with Crippen LogP contribution in [0.4, 0.5) is 0 Å². The average Bonchev–Trinajstić information content (AvgIpc) is 3.15. The molecule has 1 aliphatic heterocycles. The predicted octanol–water partition coefficient (Wildman–Crippen LogP) is 2.02. The fourth-order valence-corrected chi connectivity index (χ4v) is 4.08. The van der Waals surface area contributed by atoms with Gasteiger partial charge in [0.05, 0.1) is 9.88 Å². The first kappa shape index (κ1) is 14.6. The van der Waals surface area contributed by atoms with Crippen LogP contribution >= 0.6 is 22.7 Å². The molecule has 2 aromatic heterocycles. The number of thiazole rings is 1. The molecule has 0 aliphatic carbocycles. The summed E-state index contributed by atoms with van der Waals surface area (Å²) in [6, 6.07) is 3.84. The lowest BCUT2D eigenvalue weighted by Gasteiger charge is -2.26. The molecule has 2 aromatic rings. The van der Waals surface area contributed by atoms with Gasteiger partial charge in [-0.2, -0.15) is 0 Å². The Kier molecular flexibility index (Phi) is 4.64. The highest BCUT2D eigenvalue weighted by atomic mass is 32.1. The zero-order chi connectivity index (χ0) is 14.7.